The van der Waals surface area contributed by atoms with E-state index in [2.05, 4.69) is 36.4 Å². The van der Waals surface area contributed by atoms with Crippen molar-refractivity contribution in [2.45, 2.75) is 45.5 Å². The third-order valence-electron chi connectivity index (χ3n) is 2.55. The van der Waals surface area contributed by atoms with Crippen LogP contribution in [0.1, 0.15) is 33.1 Å². The number of halogens is 1. The lowest BCUT2D eigenvalue weighted by molar-refractivity contribution is -0.191. The molecule has 2 nitrogen and oxygen atoms in total. The first-order chi connectivity index (χ1) is 6.24. The lowest BCUT2D eigenvalue weighted by Gasteiger charge is -2.28. The van der Waals surface area contributed by atoms with Gasteiger partial charge in [-0.15, -0.1) is 0 Å². The molecule has 78 valence electrons. The van der Waals surface area contributed by atoms with E-state index in [9.17, 15) is 0 Å². The maximum absolute atomic E-state index is 5.82. The Hall–Kier alpha value is 0.650. The highest BCUT2D eigenvalue weighted by molar-refractivity contribution is 14.1. The van der Waals surface area contributed by atoms with Gasteiger partial charge in [-0.1, -0.05) is 29.5 Å². The van der Waals surface area contributed by atoms with Gasteiger partial charge in [-0.2, -0.15) is 0 Å². The molecule has 1 unspecified atom stereocenters. The normalized spacial score (nSPS) is 28.4. The van der Waals surface area contributed by atoms with Gasteiger partial charge in [0.1, 0.15) is 0 Å². The van der Waals surface area contributed by atoms with Crippen LogP contribution in [0.5, 0.6) is 0 Å². The number of rotatable bonds is 4. The van der Waals surface area contributed by atoms with Gasteiger partial charge in [0, 0.05) is 11.0 Å². The quantitative estimate of drug-likeness (QED) is 0.587. The molecule has 0 amide bonds. The molecule has 1 fully saturated rings. The molecule has 0 spiro atoms. The maximum Gasteiger partial charge on any atom is 0.157 e. The van der Waals surface area contributed by atoms with Crippen LogP contribution in [0.4, 0.5) is 0 Å². The van der Waals surface area contributed by atoms with E-state index in [1.54, 1.807) is 0 Å². The molecular weight excluding hydrogens is 279 g/mol. The maximum atomic E-state index is 5.82. The summed E-state index contributed by atoms with van der Waals surface area (Å²) >= 11 is 2.40. The summed E-state index contributed by atoms with van der Waals surface area (Å²) in [5, 5.41) is 0. The van der Waals surface area contributed by atoms with Gasteiger partial charge in [0.2, 0.25) is 0 Å². The van der Waals surface area contributed by atoms with E-state index in [4.69, 9.17) is 9.47 Å². The zero-order chi connectivity index (χ0) is 9.68. The molecule has 0 bridgehead atoms. The fourth-order valence-electron chi connectivity index (χ4n) is 1.32. The van der Waals surface area contributed by atoms with Crippen LogP contribution in [0.25, 0.3) is 0 Å². The minimum atomic E-state index is 0.0640. The number of hydrogen-bond donors (Lipinski definition) is 0. The van der Waals surface area contributed by atoms with Crippen molar-refractivity contribution >= 4 is 22.6 Å². The van der Waals surface area contributed by atoms with Gasteiger partial charge in [-0.3, -0.25) is 0 Å². The van der Waals surface area contributed by atoms with E-state index >= 15 is 0 Å². The van der Waals surface area contributed by atoms with Crippen LogP contribution in [0.3, 0.4) is 0 Å². The van der Waals surface area contributed by atoms with E-state index in [1.165, 1.54) is 12.8 Å². The molecule has 1 heterocycles. The average Bonchev–Trinajstić information content (AvgIpc) is 2.18. The van der Waals surface area contributed by atoms with Gasteiger partial charge in [-0.25, -0.2) is 0 Å². The molecule has 0 aromatic carbocycles. The Morgan fingerprint density at radius 1 is 1.46 bits per heavy atom. The Kier molecular flexibility index (Phi) is 5.58. The van der Waals surface area contributed by atoms with Crippen LogP contribution in [-0.2, 0) is 9.47 Å². The molecule has 3 heteroatoms. The summed E-state index contributed by atoms with van der Waals surface area (Å²) in [6.07, 6.45) is 3.89. The summed E-state index contributed by atoms with van der Waals surface area (Å²) in [4.78, 5) is 0. The van der Waals surface area contributed by atoms with Gasteiger partial charge in [0.15, 0.2) is 6.29 Å². The minimum absolute atomic E-state index is 0.0640. The largest absolute Gasteiger partial charge is 0.353 e. The van der Waals surface area contributed by atoms with Crippen molar-refractivity contribution in [2.24, 2.45) is 5.92 Å². The summed E-state index contributed by atoms with van der Waals surface area (Å²) in [5.41, 5.74) is 0. The molecule has 0 saturated carbocycles. The summed E-state index contributed by atoms with van der Waals surface area (Å²) in [7, 11) is 0. The molecule has 1 rings (SSSR count). The van der Waals surface area contributed by atoms with Gasteiger partial charge in [0.25, 0.3) is 0 Å². The predicted molar refractivity (Wildman–Crippen MR) is 62.2 cm³/mol. The minimum Gasteiger partial charge on any atom is -0.353 e. The smallest absolute Gasteiger partial charge is 0.157 e. The van der Waals surface area contributed by atoms with Crippen molar-refractivity contribution < 1.29 is 9.47 Å². The Balaban J connectivity index is 2.21. The highest BCUT2D eigenvalue weighted by Crippen LogP contribution is 2.19. The van der Waals surface area contributed by atoms with E-state index in [1.807, 2.05) is 0 Å². The molecule has 0 aromatic heterocycles. The molecule has 1 saturated heterocycles. The van der Waals surface area contributed by atoms with E-state index < -0.39 is 0 Å². The van der Waals surface area contributed by atoms with Crippen molar-refractivity contribution in [1.82, 2.24) is 0 Å². The number of hydrogen-bond acceptors (Lipinski definition) is 2. The first-order valence-electron chi connectivity index (χ1n) is 5.07. The summed E-state index contributed by atoms with van der Waals surface area (Å²) < 4.78 is 12.5. The fourth-order valence-corrected chi connectivity index (χ4v) is 2.03. The Morgan fingerprint density at radius 2 is 2.23 bits per heavy atom. The summed E-state index contributed by atoms with van der Waals surface area (Å²) in [5.74, 6) is 0.617. The van der Waals surface area contributed by atoms with Crippen LogP contribution in [-0.4, -0.2) is 23.4 Å². The lowest BCUT2D eigenvalue weighted by Crippen LogP contribution is -2.30. The fraction of sp³-hybridized carbons (Fsp3) is 1.00. The van der Waals surface area contributed by atoms with Crippen LogP contribution < -0.4 is 0 Å². The SMILES string of the molecule is C[C@H](CI)[C@H](C)OC1CCCCO1. The van der Waals surface area contributed by atoms with Crippen LogP contribution in [0, 0.1) is 5.92 Å². The molecule has 0 aromatic rings. The average molecular weight is 298 g/mol. The first kappa shape index (κ1) is 11.7. The number of alkyl halides is 1. The van der Waals surface area contributed by atoms with Crippen molar-refractivity contribution in [3.05, 3.63) is 0 Å². The van der Waals surface area contributed by atoms with Crippen LogP contribution in [0.15, 0.2) is 0 Å². The standard InChI is InChI=1S/C10H19IO2/c1-8(7-11)9(2)13-10-5-3-4-6-12-10/h8-10H,3-7H2,1-2H3/t8-,9+,10?/m1/s1. The van der Waals surface area contributed by atoms with Crippen molar-refractivity contribution in [3.63, 3.8) is 0 Å². The molecule has 1 aliphatic heterocycles. The second-order valence-corrected chi connectivity index (χ2v) is 4.65. The third kappa shape index (κ3) is 4.13. The second-order valence-electron chi connectivity index (χ2n) is 3.77. The second kappa shape index (κ2) is 6.19. The lowest BCUT2D eigenvalue weighted by atomic mass is 10.1. The molecule has 0 aliphatic carbocycles. The summed E-state index contributed by atoms with van der Waals surface area (Å²) in [6.45, 7) is 5.23. The van der Waals surface area contributed by atoms with Crippen molar-refractivity contribution in [2.75, 3.05) is 11.0 Å². The predicted octanol–water partition coefficient (Wildman–Crippen LogP) is 2.99. The molecule has 3 atom stereocenters. The van der Waals surface area contributed by atoms with Gasteiger partial charge >= 0.3 is 0 Å². The van der Waals surface area contributed by atoms with Gasteiger partial charge in [-0.05, 0) is 32.1 Å². The van der Waals surface area contributed by atoms with E-state index in [0.29, 0.717) is 12.0 Å². The molecule has 13 heavy (non-hydrogen) atoms. The van der Waals surface area contributed by atoms with Gasteiger partial charge < -0.3 is 9.47 Å². The summed E-state index contributed by atoms with van der Waals surface area (Å²) in [6, 6.07) is 0. The highest BCUT2D eigenvalue weighted by atomic mass is 127. The van der Waals surface area contributed by atoms with E-state index in [-0.39, 0.29) is 6.29 Å². The Labute approximate surface area is 94.5 Å². The monoisotopic (exact) mass is 298 g/mol. The Bertz CT molecular complexity index is 135. The van der Waals surface area contributed by atoms with Crippen LogP contribution >= 0.6 is 22.6 Å². The van der Waals surface area contributed by atoms with Gasteiger partial charge in [0.05, 0.1) is 6.10 Å². The van der Waals surface area contributed by atoms with Crippen molar-refractivity contribution in [1.29, 1.82) is 0 Å². The van der Waals surface area contributed by atoms with Crippen LogP contribution in [0.2, 0.25) is 0 Å². The molecule has 1 aliphatic rings. The highest BCUT2D eigenvalue weighted by Gasteiger charge is 2.19. The Morgan fingerprint density at radius 3 is 2.77 bits per heavy atom. The molecule has 0 radical (unpaired) electrons. The zero-order valence-corrected chi connectivity index (χ0v) is 10.6. The first-order valence-corrected chi connectivity index (χ1v) is 6.59. The zero-order valence-electron chi connectivity index (χ0n) is 8.46. The van der Waals surface area contributed by atoms with E-state index in [0.717, 1.165) is 17.5 Å². The molecule has 0 N–H and O–H groups in total. The number of ether oxygens (including phenoxy) is 2. The van der Waals surface area contributed by atoms with Crippen molar-refractivity contribution in [3.8, 4) is 0 Å². The molecular formula is C10H19IO2. The topological polar surface area (TPSA) is 18.5 Å². The third-order valence-corrected chi connectivity index (χ3v) is 3.94.